The van der Waals surface area contributed by atoms with Crippen LogP contribution in [0.2, 0.25) is 0 Å². The maximum atomic E-state index is 12.3. The fourth-order valence-corrected chi connectivity index (χ4v) is 3.00. The van der Waals surface area contributed by atoms with Gasteiger partial charge in [0.1, 0.15) is 6.26 Å². The van der Waals surface area contributed by atoms with Gasteiger partial charge in [0.25, 0.3) is 5.91 Å². The highest BCUT2D eigenvalue weighted by atomic mass is 16.3. The Labute approximate surface area is 166 Å². The van der Waals surface area contributed by atoms with Crippen molar-refractivity contribution in [1.82, 2.24) is 15.2 Å². The third-order valence-electron chi connectivity index (χ3n) is 4.62. The van der Waals surface area contributed by atoms with Gasteiger partial charge in [-0.25, -0.2) is 4.98 Å². The third-order valence-corrected chi connectivity index (χ3v) is 4.62. The number of hydrogen-bond donors (Lipinski definition) is 1. The number of aryl methyl sites for hydroxylation is 1. The van der Waals surface area contributed by atoms with Crippen molar-refractivity contribution in [2.45, 2.75) is 46.4 Å². The second-order valence-electron chi connectivity index (χ2n) is 7.28. The molecule has 1 aromatic heterocycles. The first-order valence-electron chi connectivity index (χ1n) is 9.57. The number of hydrogen-bond acceptors (Lipinski definition) is 4. The second-order valence-corrected chi connectivity index (χ2v) is 7.28. The van der Waals surface area contributed by atoms with E-state index in [-0.39, 0.29) is 5.91 Å². The molecule has 2 aromatic carbocycles. The summed E-state index contributed by atoms with van der Waals surface area (Å²) in [6.45, 7) is 8.21. The van der Waals surface area contributed by atoms with Gasteiger partial charge in [0.15, 0.2) is 5.69 Å². The van der Waals surface area contributed by atoms with Crippen LogP contribution in [-0.2, 0) is 19.6 Å². The van der Waals surface area contributed by atoms with Gasteiger partial charge in [0.2, 0.25) is 5.89 Å². The molecule has 5 nitrogen and oxygen atoms in total. The lowest BCUT2D eigenvalue weighted by Gasteiger charge is -2.25. The molecule has 0 aliphatic carbocycles. The fraction of sp³-hybridized carbons (Fsp3) is 0.304. The van der Waals surface area contributed by atoms with Crippen LogP contribution in [0.4, 0.5) is 0 Å². The Kier molecular flexibility index (Phi) is 6.61. The molecular formula is C23H27N3O2. The zero-order valence-corrected chi connectivity index (χ0v) is 16.7. The molecular weight excluding hydrogens is 350 g/mol. The topological polar surface area (TPSA) is 58.4 Å². The third kappa shape index (κ3) is 5.54. The number of rotatable bonds is 8. The Morgan fingerprint density at radius 3 is 2.54 bits per heavy atom. The van der Waals surface area contributed by atoms with E-state index in [1.807, 2.05) is 30.3 Å². The standard InChI is InChI=1S/C23H27N3O2/c1-17(2)26(14-20-11-7-8-18(3)12-20)15-22-25-21(16-28-22)23(27)24-13-19-9-5-4-6-10-19/h4-12,16-17H,13-15H2,1-3H3,(H,24,27). The smallest absolute Gasteiger partial charge is 0.273 e. The molecule has 0 fully saturated rings. The molecule has 0 radical (unpaired) electrons. The minimum Gasteiger partial charge on any atom is -0.447 e. The molecule has 0 aliphatic heterocycles. The highest BCUT2D eigenvalue weighted by Gasteiger charge is 2.17. The Bertz CT molecular complexity index is 903. The first kappa shape index (κ1) is 19.8. The van der Waals surface area contributed by atoms with Gasteiger partial charge in [0, 0.05) is 19.1 Å². The van der Waals surface area contributed by atoms with E-state index in [9.17, 15) is 4.79 Å². The van der Waals surface area contributed by atoms with E-state index in [1.54, 1.807) is 0 Å². The van der Waals surface area contributed by atoms with Crippen LogP contribution in [0.5, 0.6) is 0 Å². The van der Waals surface area contributed by atoms with Crippen molar-refractivity contribution in [3.8, 4) is 0 Å². The predicted octanol–water partition coefficient (Wildman–Crippen LogP) is 4.32. The number of aromatic nitrogens is 1. The average molecular weight is 377 g/mol. The molecule has 3 aromatic rings. The summed E-state index contributed by atoms with van der Waals surface area (Å²) in [6.07, 6.45) is 1.43. The van der Waals surface area contributed by atoms with E-state index in [0.29, 0.717) is 30.7 Å². The molecule has 0 spiro atoms. The van der Waals surface area contributed by atoms with Crippen LogP contribution in [0, 0.1) is 6.92 Å². The molecule has 0 unspecified atom stereocenters. The lowest BCUT2D eigenvalue weighted by molar-refractivity contribution is 0.0945. The first-order chi connectivity index (χ1) is 13.5. The van der Waals surface area contributed by atoms with Gasteiger partial charge < -0.3 is 9.73 Å². The van der Waals surface area contributed by atoms with E-state index in [0.717, 1.165) is 12.1 Å². The Hall–Kier alpha value is -2.92. The minimum atomic E-state index is -0.228. The van der Waals surface area contributed by atoms with Crippen LogP contribution < -0.4 is 5.32 Å². The van der Waals surface area contributed by atoms with Crippen LogP contribution in [0.15, 0.2) is 65.3 Å². The molecule has 28 heavy (non-hydrogen) atoms. The van der Waals surface area contributed by atoms with Gasteiger partial charge in [-0.2, -0.15) is 0 Å². The number of oxazole rings is 1. The molecule has 0 aliphatic rings. The summed E-state index contributed by atoms with van der Waals surface area (Å²) >= 11 is 0. The monoisotopic (exact) mass is 377 g/mol. The first-order valence-corrected chi connectivity index (χ1v) is 9.57. The maximum Gasteiger partial charge on any atom is 0.273 e. The second kappa shape index (κ2) is 9.33. The van der Waals surface area contributed by atoms with Crippen LogP contribution in [0.25, 0.3) is 0 Å². The molecule has 5 heteroatoms. The minimum absolute atomic E-state index is 0.228. The van der Waals surface area contributed by atoms with Crippen LogP contribution in [-0.4, -0.2) is 21.8 Å². The van der Waals surface area contributed by atoms with Crippen LogP contribution in [0.1, 0.15) is 46.9 Å². The largest absolute Gasteiger partial charge is 0.447 e. The van der Waals surface area contributed by atoms with E-state index >= 15 is 0 Å². The highest BCUT2D eigenvalue weighted by Crippen LogP contribution is 2.14. The van der Waals surface area contributed by atoms with E-state index in [2.05, 4.69) is 60.2 Å². The molecule has 1 amide bonds. The summed E-state index contributed by atoms with van der Waals surface area (Å²) in [5.41, 5.74) is 3.85. The van der Waals surface area contributed by atoms with Gasteiger partial charge in [-0.15, -0.1) is 0 Å². The molecule has 0 saturated carbocycles. The van der Waals surface area contributed by atoms with E-state index < -0.39 is 0 Å². The Morgan fingerprint density at radius 1 is 1.07 bits per heavy atom. The van der Waals surface area contributed by atoms with Crippen LogP contribution >= 0.6 is 0 Å². The lowest BCUT2D eigenvalue weighted by Crippen LogP contribution is -2.30. The summed E-state index contributed by atoms with van der Waals surface area (Å²) in [4.78, 5) is 19.0. The summed E-state index contributed by atoms with van der Waals surface area (Å²) < 4.78 is 5.57. The van der Waals surface area contributed by atoms with Crippen molar-refractivity contribution in [2.24, 2.45) is 0 Å². The molecule has 0 atom stereocenters. The van der Waals surface area contributed by atoms with Gasteiger partial charge >= 0.3 is 0 Å². The summed E-state index contributed by atoms with van der Waals surface area (Å²) in [6, 6.07) is 18.6. The molecule has 0 bridgehead atoms. The van der Waals surface area contributed by atoms with Crippen molar-refractivity contribution in [1.29, 1.82) is 0 Å². The zero-order chi connectivity index (χ0) is 19.9. The van der Waals surface area contributed by atoms with Gasteiger partial charge in [0.05, 0.1) is 6.54 Å². The molecule has 1 N–H and O–H groups in total. The molecule has 1 heterocycles. The summed E-state index contributed by atoms with van der Waals surface area (Å²) in [5.74, 6) is 0.319. The Morgan fingerprint density at radius 2 is 1.82 bits per heavy atom. The number of amides is 1. The maximum absolute atomic E-state index is 12.3. The SMILES string of the molecule is Cc1cccc(CN(Cc2nc(C(=O)NCc3ccccc3)co2)C(C)C)c1. The quantitative estimate of drug-likeness (QED) is 0.635. The normalized spacial score (nSPS) is 11.2. The van der Waals surface area contributed by atoms with Crippen molar-refractivity contribution in [3.63, 3.8) is 0 Å². The summed E-state index contributed by atoms with van der Waals surface area (Å²) in [7, 11) is 0. The van der Waals surface area contributed by atoms with Gasteiger partial charge in [-0.1, -0.05) is 60.2 Å². The predicted molar refractivity (Wildman–Crippen MR) is 110 cm³/mol. The number of carbonyl (C=O) groups is 1. The van der Waals surface area contributed by atoms with E-state index in [1.165, 1.54) is 17.4 Å². The van der Waals surface area contributed by atoms with Crippen molar-refractivity contribution >= 4 is 5.91 Å². The fourth-order valence-electron chi connectivity index (χ4n) is 3.00. The molecule has 146 valence electrons. The Balaban J connectivity index is 1.60. The lowest BCUT2D eigenvalue weighted by atomic mass is 10.1. The van der Waals surface area contributed by atoms with Crippen molar-refractivity contribution < 1.29 is 9.21 Å². The number of nitrogens with zero attached hydrogens (tertiary/aromatic N) is 2. The van der Waals surface area contributed by atoms with Gasteiger partial charge in [-0.3, -0.25) is 9.69 Å². The summed E-state index contributed by atoms with van der Waals surface area (Å²) in [5, 5.41) is 2.88. The van der Waals surface area contributed by atoms with E-state index in [4.69, 9.17) is 4.42 Å². The molecule has 3 rings (SSSR count). The van der Waals surface area contributed by atoms with Crippen LogP contribution in [0.3, 0.4) is 0 Å². The van der Waals surface area contributed by atoms with Gasteiger partial charge in [-0.05, 0) is 31.9 Å². The van der Waals surface area contributed by atoms with Crippen molar-refractivity contribution in [2.75, 3.05) is 0 Å². The van der Waals surface area contributed by atoms with Crippen molar-refractivity contribution in [3.05, 3.63) is 89.1 Å². The number of benzene rings is 2. The highest BCUT2D eigenvalue weighted by molar-refractivity contribution is 5.91. The zero-order valence-electron chi connectivity index (χ0n) is 16.7. The molecule has 0 saturated heterocycles. The number of carbonyl (C=O) groups excluding carboxylic acids is 1. The average Bonchev–Trinajstić information content (AvgIpc) is 3.15. The number of nitrogens with one attached hydrogen (secondary N) is 1.